The Kier molecular flexibility index (Phi) is 6.46. The van der Waals surface area contributed by atoms with Gasteiger partial charge in [-0.15, -0.1) is 0 Å². The van der Waals surface area contributed by atoms with E-state index in [9.17, 15) is 4.79 Å². The molecule has 2 aromatic heterocycles. The zero-order chi connectivity index (χ0) is 21.8. The molecule has 3 aromatic rings. The lowest BCUT2D eigenvalue weighted by Crippen LogP contribution is -2.35. The fourth-order valence-electron chi connectivity index (χ4n) is 3.97. The van der Waals surface area contributed by atoms with E-state index in [0.717, 1.165) is 39.0 Å². The topological polar surface area (TPSA) is 93.4 Å². The Hall–Kier alpha value is -3.00. The summed E-state index contributed by atoms with van der Waals surface area (Å²) in [4.78, 5) is 23.5. The fraction of sp³-hybridized carbons (Fsp3) is 0.478. The first-order valence-electron chi connectivity index (χ1n) is 10.9. The minimum Gasteiger partial charge on any atom is -0.461 e. The molecule has 0 radical (unpaired) electrons. The van der Waals surface area contributed by atoms with E-state index in [1.165, 1.54) is 11.1 Å². The quantitative estimate of drug-likeness (QED) is 0.575. The van der Waals surface area contributed by atoms with Gasteiger partial charge in [0.15, 0.2) is 0 Å². The molecular formula is C23H29N5O3. The number of likely N-dealkylation sites (tertiary alicyclic amines) is 1. The third-order valence-electron chi connectivity index (χ3n) is 5.71. The molecule has 0 amide bonds. The summed E-state index contributed by atoms with van der Waals surface area (Å²) in [6, 6.07) is 8.77. The minimum atomic E-state index is -0.527. The number of hydrogen-bond donors (Lipinski definition) is 1. The fourth-order valence-corrected chi connectivity index (χ4v) is 3.97. The van der Waals surface area contributed by atoms with Gasteiger partial charge in [0.2, 0.25) is 5.69 Å². The molecule has 31 heavy (non-hydrogen) atoms. The zero-order valence-electron chi connectivity index (χ0n) is 18.4. The van der Waals surface area contributed by atoms with Crippen molar-refractivity contribution in [1.29, 1.82) is 0 Å². The van der Waals surface area contributed by atoms with Gasteiger partial charge in [0.25, 0.3) is 5.71 Å². The van der Waals surface area contributed by atoms with E-state index in [1.807, 2.05) is 0 Å². The molecule has 0 unspecified atom stereocenters. The largest absolute Gasteiger partial charge is 0.461 e. The van der Waals surface area contributed by atoms with Crippen LogP contribution in [0.1, 0.15) is 47.2 Å². The number of carbonyl (C=O) groups excluding carboxylic acids is 1. The number of nitrogens with zero attached hydrogens (tertiary/aromatic N) is 4. The van der Waals surface area contributed by atoms with Crippen LogP contribution in [0, 0.1) is 19.8 Å². The van der Waals surface area contributed by atoms with Crippen LogP contribution in [0.5, 0.6) is 0 Å². The number of carbonyl (C=O) groups is 1. The van der Waals surface area contributed by atoms with Crippen molar-refractivity contribution in [3.8, 4) is 0 Å². The van der Waals surface area contributed by atoms with Crippen LogP contribution >= 0.6 is 0 Å². The second-order valence-corrected chi connectivity index (χ2v) is 8.14. The summed E-state index contributed by atoms with van der Waals surface area (Å²) in [6.45, 7) is 9.84. The minimum absolute atomic E-state index is 0.118. The highest BCUT2D eigenvalue weighted by molar-refractivity contribution is 6.04. The average molecular weight is 424 g/mol. The number of esters is 1. The predicted molar refractivity (Wildman–Crippen MR) is 118 cm³/mol. The van der Waals surface area contributed by atoms with E-state index < -0.39 is 5.97 Å². The normalized spacial score (nSPS) is 15.3. The molecule has 0 saturated carbocycles. The Bertz CT molecular complexity index is 1040. The van der Waals surface area contributed by atoms with Gasteiger partial charge in [0.1, 0.15) is 17.0 Å². The molecule has 8 nitrogen and oxygen atoms in total. The van der Waals surface area contributed by atoms with Crippen LogP contribution in [0.2, 0.25) is 0 Å². The van der Waals surface area contributed by atoms with Gasteiger partial charge in [-0.25, -0.2) is 9.78 Å². The average Bonchev–Trinajstić information content (AvgIpc) is 3.19. The second kappa shape index (κ2) is 9.43. The molecule has 0 aliphatic carbocycles. The molecule has 1 aliphatic rings. The highest BCUT2D eigenvalue weighted by Crippen LogP contribution is 2.26. The summed E-state index contributed by atoms with van der Waals surface area (Å²) in [7, 11) is 0. The van der Waals surface area contributed by atoms with Gasteiger partial charge < -0.3 is 14.6 Å². The van der Waals surface area contributed by atoms with E-state index in [2.05, 4.69) is 56.5 Å². The smallest absolute Gasteiger partial charge is 0.361 e. The molecule has 8 heteroatoms. The van der Waals surface area contributed by atoms with Gasteiger partial charge in [0, 0.05) is 13.1 Å². The van der Waals surface area contributed by atoms with Crippen LogP contribution in [0.3, 0.4) is 0 Å². The first-order valence-corrected chi connectivity index (χ1v) is 10.9. The number of hydrogen-bond acceptors (Lipinski definition) is 8. The van der Waals surface area contributed by atoms with Crippen LogP contribution in [0.4, 0.5) is 5.82 Å². The summed E-state index contributed by atoms with van der Waals surface area (Å²) in [6.07, 6.45) is 2.22. The van der Waals surface area contributed by atoms with E-state index in [-0.39, 0.29) is 12.3 Å². The van der Waals surface area contributed by atoms with Gasteiger partial charge in [-0.1, -0.05) is 35.0 Å². The third kappa shape index (κ3) is 5.02. The van der Waals surface area contributed by atoms with Gasteiger partial charge in [-0.2, -0.15) is 4.98 Å². The molecule has 164 valence electrons. The summed E-state index contributed by atoms with van der Waals surface area (Å²) >= 11 is 0. The second-order valence-electron chi connectivity index (χ2n) is 8.14. The first kappa shape index (κ1) is 21.2. The van der Waals surface area contributed by atoms with Gasteiger partial charge in [0.05, 0.1) is 6.61 Å². The lowest BCUT2D eigenvalue weighted by Gasteiger charge is -2.32. The Morgan fingerprint density at radius 2 is 1.94 bits per heavy atom. The van der Waals surface area contributed by atoms with Gasteiger partial charge >= 0.3 is 5.97 Å². The maximum atomic E-state index is 12.2. The number of rotatable bonds is 7. The van der Waals surface area contributed by atoms with Crippen LogP contribution in [-0.4, -0.2) is 52.2 Å². The highest BCUT2D eigenvalue weighted by Gasteiger charge is 2.24. The van der Waals surface area contributed by atoms with Crippen molar-refractivity contribution in [1.82, 2.24) is 20.0 Å². The van der Waals surface area contributed by atoms with Gasteiger partial charge in [-0.05, 0) is 58.2 Å². The van der Waals surface area contributed by atoms with Crippen molar-refractivity contribution in [2.24, 2.45) is 5.92 Å². The molecule has 0 bridgehead atoms. The molecule has 3 heterocycles. The van der Waals surface area contributed by atoms with E-state index >= 15 is 0 Å². The lowest BCUT2D eigenvalue weighted by atomic mass is 9.96. The van der Waals surface area contributed by atoms with Crippen molar-refractivity contribution in [3.05, 3.63) is 46.9 Å². The molecule has 1 aromatic carbocycles. The number of ether oxygens (including phenoxy) is 1. The standard InChI is InChI=1S/C23H29N5O3/c1-4-30-23(29)20-19-21(25-16(3)26-22(19)31-27-20)24-13-17-9-11-28(12-10-17)14-18-7-5-15(2)6-8-18/h5-8,17H,4,9-14H2,1-3H3,(H,24,25,26). The number of piperidine rings is 1. The monoisotopic (exact) mass is 423 g/mol. The maximum absolute atomic E-state index is 12.2. The SMILES string of the molecule is CCOC(=O)c1noc2nc(C)nc(NCC3CCN(Cc4ccc(C)cc4)CC3)c12. The third-order valence-corrected chi connectivity index (χ3v) is 5.71. The number of benzene rings is 1. The Morgan fingerprint density at radius 3 is 2.65 bits per heavy atom. The van der Waals surface area contributed by atoms with Crippen molar-refractivity contribution >= 4 is 22.9 Å². The molecule has 1 aliphatic heterocycles. The highest BCUT2D eigenvalue weighted by atomic mass is 16.5. The number of aryl methyl sites for hydroxylation is 2. The van der Waals surface area contributed by atoms with Gasteiger partial charge in [-0.3, -0.25) is 4.90 Å². The number of nitrogens with one attached hydrogen (secondary N) is 1. The van der Waals surface area contributed by atoms with Crippen LogP contribution in [-0.2, 0) is 11.3 Å². The first-order chi connectivity index (χ1) is 15.0. The van der Waals surface area contributed by atoms with Crippen molar-refractivity contribution < 1.29 is 14.1 Å². The van der Waals surface area contributed by atoms with E-state index in [1.54, 1.807) is 13.8 Å². The Labute approximate surface area is 182 Å². The number of fused-ring (bicyclic) bond motifs is 1. The molecule has 1 saturated heterocycles. The molecule has 1 fully saturated rings. The molecule has 4 rings (SSSR count). The van der Waals surface area contributed by atoms with Crippen molar-refractivity contribution in [2.75, 3.05) is 31.6 Å². The lowest BCUT2D eigenvalue weighted by molar-refractivity contribution is 0.0517. The summed E-state index contributed by atoms with van der Waals surface area (Å²) < 4.78 is 10.4. The maximum Gasteiger partial charge on any atom is 0.361 e. The van der Waals surface area contributed by atoms with Crippen molar-refractivity contribution in [2.45, 2.75) is 40.2 Å². The van der Waals surface area contributed by atoms with Crippen LogP contribution in [0.25, 0.3) is 11.1 Å². The number of aromatic nitrogens is 3. The molecule has 0 atom stereocenters. The Balaban J connectivity index is 1.38. The van der Waals surface area contributed by atoms with E-state index in [4.69, 9.17) is 9.26 Å². The Morgan fingerprint density at radius 1 is 1.19 bits per heavy atom. The summed E-state index contributed by atoms with van der Waals surface area (Å²) in [5, 5.41) is 7.77. The zero-order valence-corrected chi connectivity index (χ0v) is 18.4. The molecular weight excluding hydrogens is 394 g/mol. The molecule has 0 spiro atoms. The van der Waals surface area contributed by atoms with E-state index in [0.29, 0.717) is 28.7 Å². The van der Waals surface area contributed by atoms with Crippen molar-refractivity contribution in [3.63, 3.8) is 0 Å². The summed E-state index contributed by atoms with van der Waals surface area (Å²) in [5.41, 5.74) is 3.07. The molecule has 1 N–H and O–H groups in total. The summed E-state index contributed by atoms with van der Waals surface area (Å²) in [5.74, 6) is 1.15. The van der Waals surface area contributed by atoms with Crippen LogP contribution in [0.15, 0.2) is 28.8 Å². The van der Waals surface area contributed by atoms with Crippen LogP contribution < -0.4 is 5.32 Å². The number of anilines is 1. The predicted octanol–water partition coefficient (Wildman–Crippen LogP) is 3.74.